The van der Waals surface area contributed by atoms with Gasteiger partial charge in [-0.2, -0.15) is 5.10 Å². The van der Waals surface area contributed by atoms with E-state index in [1.54, 1.807) is 6.21 Å². The monoisotopic (exact) mass is 235 g/mol. The summed E-state index contributed by atoms with van der Waals surface area (Å²) in [4.78, 5) is 0. The van der Waals surface area contributed by atoms with Crippen molar-refractivity contribution in [2.45, 2.75) is 20.3 Å². The van der Waals surface area contributed by atoms with E-state index in [1.807, 2.05) is 19.1 Å². The van der Waals surface area contributed by atoms with Gasteiger partial charge in [0, 0.05) is 6.54 Å². The molecule has 0 atom stereocenters. The van der Waals surface area contributed by atoms with E-state index in [0.29, 0.717) is 5.11 Å². The van der Waals surface area contributed by atoms with E-state index in [0.717, 1.165) is 18.5 Å². The van der Waals surface area contributed by atoms with E-state index >= 15 is 0 Å². The molecular weight excluding hydrogens is 218 g/mol. The van der Waals surface area contributed by atoms with Crippen molar-refractivity contribution >= 4 is 23.5 Å². The number of rotatable bonds is 4. The average Bonchev–Trinajstić information content (AvgIpc) is 2.30. The molecule has 0 spiro atoms. The molecule has 86 valence electrons. The van der Waals surface area contributed by atoms with Crippen LogP contribution in [0.1, 0.15) is 25.0 Å². The molecule has 0 aliphatic rings. The fourth-order valence-corrected chi connectivity index (χ4v) is 1.40. The van der Waals surface area contributed by atoms with Crippen molar-refractivity contribution in [2.24, 2.45) is 5.10 Å². The van der Waals surface area contributed by atoms with Gasteiger partial charge in [-0.3, -0.25) is 5.43 Å². The van der Waals surface area contributed by atoms with Gasteiger partial charge in [0.15, 0.2) is 5.11 Å². The molecule has 0 radical (unpaired) electrons. The summed E-state index contributed by atoms with van der Waals surface area (Å²) in [6.07, 6.45) is 2.81. The highest BCUT2D eigenvalue weighted by atomic mass is 32.1. The van der Waals surface area contributed by atoms with Crippen LogP contribution in [0.4, 0.5) is 0 Å². The molecular formula is C12H17N3S. The maximum absolute atomic E-state index is 4.97. The molecule has 0 bridgehead atoms. The lowest BCUT2D eigenvalue weighted by Crippen LogP contribution is -2.31. The molecule has 0 fully saturated rings. The minimum atomic E-state index is 0.545. The molecule has 1 rings (SSSR count). The number of aryl methyl sites for hydroxylation is 1. The van der Waals surface area contributed by atoms with Gasteiger partial charge < -0.3 is 5.32 Å². The Labute approximate surface area is 102 Å². The van der Waals surface area contributed by atoms with Crippen molar-refractivity contribution in [2.75, 3.05) is 6.54 Å². The molecule has 0 heterocycles. The van der Waals surface area contributed by atoms with Crippen LogP contribution in [0.2, 0.25) is 0 Å². The Hall–Kier alpha value is -1.42. The largest absolute Gasteiger partial charge is 0.362 e. The SMILES string of the molecule is CCNC(=S)N/N=C/c1ccc(CC)cc1. The number of thiocarbonyl (C=S) groups is 1. The van der Waals surface area contributed by atoms with Crippen LogP contribution in [0.25, 0.3) is 0 Å². The van der Waals surface area contributed by atoms with Gasteiger partial charge in [-0.05, 0) is 36.7 Å². The zero-order chi connectivity index (χ0) is 11.8. The molecule has 4 heteroatoms. The fourth-order valence-electron chi connectivity index (χ4n) is 1.20. The second-order valence-corrected chi connectivity index (χ2v) is 3.73. The van der Waals surface area contributed by atoms with Crippen molar-refractivity contribution < 1.29 is 0 Å². The van der Waals surface area contributed by atoms with Crippen molar-refractivity contribution in [1.82, 2.24) is 10.7 Å². The van der Waals surface area contributed by atoms with Crippen molar-refractivity contribution in [3.63, 3.8) is 0 Å². The molecule has 0 aromatic heterocycles. The molecule has 0 unspecified atom stereocenters. The molecule has 0 aliphatic carbocycles. The first-order valence-corrected chi connectivity index (χ1v) is 5.83. The topological polar surface area (TPSA) is 36.4 Å². The van der Waals surface area contributed by atoms with Crippen LogP contribution in [-0.2, 0) is 6.42 Å². The van der Waals surface area contributed by atoms with Gasteiger partial charge in [0.1, 0.15) is 0 Å². The van der Waals surface area contributed by atoms with Crippen LogP contribution in [-0.4, -0.2) is 17.9 Å². The number of nitrogens with zero attached hydrogens (tertiary/aromatic N) is 1. The summed E-state index contributed by atoms with van der Waals surface area (Å²) in [6, 6.07) is 8.29. The summed E-state index contributed by atoms with van der Waals surface area (Å²) in [5.74, 6) is 0. The third kappa shape index (κ3) is 4.40. The van der Waals surface area contributed by atoms with Gasteiger partial charge in [0.25, 0.3) is 0 Å². The second-order valence-electron chi connectivity index (χ2n) is 3.32. The zero-order valence-corrected chi connectivity index (χ0v) is 10.5. The normalized spacial score (nSPS) is 10.4. The van der Waals surface area contributed by atoms with Gasteiger partial charge in [0.2, 0.25) is 0 Å². The highest BCUT2D eigenvalue weighted by Gasteiger charge is 1.90. The summed E-state index contributed by atoms with van der Waals surface area (Å²) < 4.78 is 0. The third-order valence-corrected chi connectivity index (χ3v) is 2.34. The van der Waals surface area contributed by atoms with Gasteiger partial charge in [-0.25, -0.2) is 0 Å². The van der Waals surface area contributed by atoms with E-state index in [2.05, 4.69) is 34.9 Å². The van der Waals surface area contributed by atoms with Crippen molar-refractivity contribution in [3.05, 3.63) is 35.4 Å². The first kappa shape index (κ1) is 12.6. The minimum Gasteiger partial charge on any atom is -0.362 e. The lowest BCUT2D eigenvalue weighted by molar-refractivity contribution is 0.904. The summed E-state index contributed by atoms with van der Waals surface area (Å²) in [6.45, 7) is 4.92. The van der Waals surface area contributed by atoms with Crippen LogP contribution in [0.3, 0.4) is 0 Å². The molecule has 1 aromatic rings. The lowest BCUT2D eigenvalue weighted by Gasteiger charge is -2.02. The Morgan fingerprint density at radius 2 is 2.00 bits per heavy atom. The van der Waals surface area contributed by atoms with Gasteiger partial charge >= 0.3 is 0 Å². The summed E-state index contributed by atoms with van der Waals surface area (Å²) in [5, 5.41) is 7.54. The van der Waals surface area contributed by atoms with E-state index in [4.69, 9.17) is 12.2 Å². The second kappa shape index (κ2) is 6.95. The van der Waals surface area contributed by atoms with E-state index < -0.39 is 0 Å². The predicted octanol–water partition coefficient (Wildman–Crippen LogP) is 2.07. The van der Waals surface area contributed by atoms with Gasteiger partial charge in [-0.15, -0.1) is 0 Å². The maximum atomic E-state index is 4.97. The predicted molar refractivity (Wildman–Crippen MR) is 72.8 cm³/mol. The van der Waals surface area contributed by atoms with Gasteiger partial charge in [-0.1, -0.05) is 31.2 Å². The fraction of sp³-hybridized carbons (Fsp3) is 0.333. The molecule has 3 nitrogen and oxygen atoms in total. The quantitative estimate of drug-likeness (QED) is 0.476. The van der Waals surface area contributed by atoms with Crippen LogP contribution >= 0.6 is 12.2 Å². The Bertz CT molecular complexity index is 357. The average molecular weight is 235 g/mol. The number of hydrogen-bond donors (Lipinski definition) is 2. The highest BCUT2D eigenvalue weighted by Crippen LogP contribution is 2.02. The van der Waals surface area contributed by atoms with Gasteiger partial charge in [0.05, 0.1) is 6.21 Å². The smallest absolute Gasteiger partial charge is 0.186 e. The van der Waals surface area contributed by atoms with Crippen LogP contribution < -0.4 is 10.7 Å². The first-order chi connectivity index (χ1) is 7.76. The third-order valence-electron chi connectivity index (χ3n) is 2.11. The number of hydrogen-bond acceptors (Lipinski definition) is 2. The minimum absolute atomic E-state index is 0.545. The summed E-state index contributed by atoms with van der Waals surface area (Å²) in [7, 11) is 0. The van der Waals surface area contributed by atoms with Crippen LogP contribution in [0.5, 0.6) is 0 Å². The Morgan fingerprint density at radius 3 is 2.56 bits per heavy atom. The first-order valence-electron chi connectivity index (χ1n) is 5.42. The number of nitrogens with one attached hydrogen (secondary N) is 2. The zero-order valence-electron chi connectivity index (χ0n) is 9.66. The highest BCUT2D eigenvalue weighted by molar-refractivity contribution is 7.80. The summed E-state index contributed by atoms with van der Waals surface area (Å²) in [5.41, 5.74) is 5.14. The molecule has 0 saturated heterocycles. The van der Waals surface area contributed by atoms with E-state index in [-0.39, 0.29) is 0 Å². The van der Waals surface area contributed by atoms with Crippen LogP contribution in [0, 0.1) is 0 Å². The lowest BCUT2D eigenvalue weighted by atomic mass is 10.1. The van der Waals surface area contributed by atoms with E-state index in [9.17, 15) is 0 Å². The molecule has 1 aromatic carbocycles. The molecule has 0 saturated carbocycles. The van der Waals surface area contributed by atoms with Crippen molar-refractivity contribution in [1.29, 1.82) is 0 Å². The summed E-state index contributed by atoms with van der Waals surface area (Å²) >= 11 is 4.97. The number of hydrazone groups is 1. The van der Waals surface area contributed by atoms with Crippen molar-refractivity contribution in [3.8, 4) is 0 Å². The standard InChI is InChI=1S/C12H17N3S/c1-3-10-5-7-11(8-6-10)9-14-15-12(16)13-4-2/h5-9H,3-4H2,1-2H3,(H2,13,15,16)/b14-9+. The maximum Gasteiger partial charge on any atom is 0.186 e. The number of benzene rings is 1. The Balaban J connectivity index is 2.46. The molecule has 0 aliphatic heterocycles. The van der Waals surface area contributed by atoms with Crippen LogP contribution in [0.15, 0.2) is 29.4 Å². The van der Waals surface area contributed by atoms with E-state index in [1.165, 1.54) is 5.56 Å². The molecule has 16 heavy (non-hydrogen) atoms. The Morgan fingerprint density at radius 1 is 1.31 bits per heavy atom. The molecule has 0 amide bonds. The molecule has 2 N–H and O–H groups in total. The Kier molecular flexibility index (Phi) is 5.50.